The number of allylic oxidation sites excluding steroid dienone is 4. The maximum atomic E-state index is 3.69. The van der Waals surface area contributed by atoms with E-state index in [1.54, 1.807) is 6.08 Å². The number of nitrogens with one attached hydrogen (secondary N) is 1. The predicted molar refractivity (Wildman–Crippen MR) is 115 cm³/mol. The van der Waals surface area contributed by atoms with Gasteiger partial charge in [0.05, 0.1) is 0 Å². The van der Waals surface area contributed by atoms with Gasteiger partial charge in [0.1, 0.15) is 0 Å². The van der Waals surface area contributed by atoms with E-state index in [4.69, 9.17) is 0 Å². The number of rotatable bonds is 9. The van der Waals surface area contributed by atoms with Crippen molar-refractivity contribution >= 4 is 5.57 Å². The van der Waals surface area contributed by atoms with Gasteiger partial charge in [0.15, 0.2) is 0 Å². The average Bonchev–Trinajstić information content (AvgIpc) is 2.69. The highest BCUT2D eigenvalue weighted by molar-refractivity contribution is 5.79. The second-order valence-electron chi connectivity index (χ2n) is 6.44. The van der Waals surface area contributed by atoms with Crippen LogP contribution in [0, 0.1) is 5.92 Å². The van der Waals surface area contributed by atoms with Gasteiger partial charge < -0.3 is 5.32 Å². The second-order valence-corrected chi connectivity index (χ2v) is 6.44. The van der Waals surface area contributed by atoms with Crippen molar-refractivity contribution in [1.29, 1.82) is 0 Å². The summed E-state index contributed by atoms with van der Waals surface area (Å²) in [7, 11) is 0. The summed E-state index contributed by atoms with van der Waals surface area (Å²) in [6.07, 6.45) is 10.2. The highest BCUT2D eigenvalue weighted by Gasteiger charge is 2.05. The molecule has 2 aromatic rings. The molecule has 2 rings (SSSR count). The molecule has 0 spiro atoms. The molecule has 0 radical (unpaired) electrons. The van der Waals surface area contributed by atoms with E-state index in [-0.39, 0.29) is 0 Å². The Morgan fingerprint density at radius 2 is 1.54 bits per heavy atom. The van der Waals surface area contributed by atoms with E-state index in [0.717, 1.165) is 13.1 Å². The van der Waals surface area contributed by atoms with E-state index in [1.165, 1.54) is 22.3 Å². The lowest BCUT2D eigenvalue weighted by atomic mass is 9.97. The van der Waals surface area contributed by atoms with Gasteiger partial charge >= 0.3 is 0 Å². The standard InChI is InChI=1S/C25H29N/c1-4-5-8-13-21(2)22(3)20-26-19-18-25(23-14-9-6-10-15-23)24-16-11-7-12-17-24/h4-18,22,26H,1,19-20H2,2-3H3/b8-5-,21-13+/t22-/m0/s1. The van der Waals surface area contributed by atoms with Crippen molar-refractivity contribution in [3.05, 3.63) is 114 Å². The Morgan fingerprint density at radius 1 is 0.962 bits per heavy atom. The van der Waals surface area contributed by atoms with Crippen LogP contribution in [0.15, 0.2) is 103 Å². The summed E-state index contributed by atoms with van der Waals surface area (Å²) in [6, 6.07) is 21.1. The molecule has 134 valence electrons. The van der Waals surface area contributed by atoms with Crippen LogP contribution in [-0.4, -0.2) is 13.1 Å². The van der Waals surface area contributed by atoms with Gasteiger partial charge in [-0.15, -0.1) is 0 Å². The molecule has 0 aliphatic heterocycles. The minimum absolute atomic E-state index is 0.495. The Hall–Kier alpha value is -2.64. The molecule has 26 heavy (non-hydrogen) atoms. The molecule has 0 unspecified atom stereocenters. The van der Waals surface area contributed by atoms with Gasteiger partial charge in [0.25, 0.3) is 0 Å². The van der Waals surface area contributed by atoms with E-state index < -0.39 is 0 Å². The number of benzene rings is 2. The van der Waals surface area contributed by atoms with Gasteiger partial charge in [0, 0.05) is 13.1 Å². The first-order valence-corrected chi connectivity index (χ1v) is 9.20. The van der Waals surface area contributed by atoms with Crippen molar-refractivity contribution < 1.29 is 0 Å². The van der Waals surface area contributed by atoms with Crippen molar-refractivity contribution in [2.45, 2.75) is 13.8 Å². The van der Waals surface area contributed by atoms with Crippen LogP contribution in [0.2, 0.25) is 0 Å². The molecule has 0 bridgehead atoms. The van der Waals surface area contributed by atoms with Crippen LogP contribution in [0.5, 0.6) is 0 Å². The van der Waals surface area contributed by atoms with Crippen molar-refractivity contribution in [1.82, 2.24) is 5.32 Å². The zero-order chi connectivity index (χ0) is 18.6. The van der Waals surface area contributed by atoms with Crippen LogP contribution in [-0.2, 0) is 0 Å². The van der Waals surface area contributed by atoms with Crippen LogP contribution in [0.25, 0.3) is 5.57 Å². The molecule has 1 atom stereocenters. The smallest absolute Gasteiger partial charge is 0.0144 e. The summed E-state index contributed by atoms with van der Waals surface area (Å²) >= 11 is 0. The first-order valence-electron chi connectivity index (χ1n) is 9.20. The molecule has 0 amide bonds. The van der Waals surface area contributed by atoms with E-state index in [2.05, 4.69) is 98.6 Å². The molecular weight excluding hydrogens is 314 g/mol. The lowest BCUT2D eigenvalue weighted by molar-refractivity contribution is 0.599. The van der Waals surface area contributed by atoms with Crippen LogP contribution < -0.4 is 5.32 Å². The third kappa shape index (κ3) is 6.34. The first kappa shape index (κ1) is 19.7. The molecular formula is C25H29N. The summed E-state index contributed by atoms with van der Waals surface area (Å²) in [6.45, 7) is 9.92. The molecule has 1 N–H and O–H groups in total. The molecule has 0 aliphatic rings. The number of hydrogen-bond acceptors (Lipinski definition) is 1. The highest BCUT2D eigenvalue weighted by atomic mass is 14.8. The molecule has 0 aliphatic carbocycles. The molecule has 1 nitrogen and oxygen atoms in total. The van der Waals surface area contributed by atoms with E-state index in [9.17, 15) is 0 Å². The Labute approximate surface area is 158 Å². The minimum atomic E-state index is 0.495. The van der Waals surface area contributed by atoms with Gasteiger partial charge in [-0.05, 0) is 29.5 Å². The van der Waals surface area contributed by atoms with Crippen LogP contribution in [0.4, 0.5) is 0 Å². The zero-order valence-corrected chi connectivity index (χ0v) is 15.9. The van der Waals surface area contributed by atoms with Gasteiger partial charge in [0.2, 0.25) is 0 Å². The SMILES string of the molecule is C=C/C=C\C=C(/C)[C@@H](C)CNCC=C(c1ccccc1)c1ccccc1. The fraction of sp³-hybridized carbons (Fsp3) is 0.200. The Morgan fingerprint density at radius 3 is 2.08 bits per heavy atom. The average molecular weight is 344 g/mol. The maximum absolute atomic E-state index is 3.69. The van der Waals surface area contributed by atoms with Gasteiger partial charge in [-0.3, -0.25) is 0 Å². The van der Waals surface area contributed by atoms with Crippen LogP contribution >= 0.6 is 0 Å². The fourth-order valence-electron chi connectivity index (χ4n) is 2.72. The summed E-state index contributed by atoms with van der Waals surface area (Å²) in [5.41, 5.74) is 5.14. The summed E-state index contributed by atoms with van der Waals surface area (Å²) in [5, 5.41) is 3.56. The van der Waals surface area contributed by atoms with Crippen molar-refractivity contribution in [3.63, 3.8) is 0 Å². The van der Waals surface area contributed by atoms with Crippen LogP contribution in [0.1, 0.15) is 25.0 Å². The molecule has 0 aromatic heterocycles. The molecule has 0 heterocycles. The third-order valence-electron chi connectivity index (χ3n) is 4.45. The minimum Gasteiger partial charge on any atom is -0.313 e. The lowest BCUT2D eigenvalue weighted by Crippen LogP contribution is -2.22. The number of hydrogen-bond donors (Lipinski definition) is 1. The Kier molecular flexibility index (Phi) is 8.38. The quantitative estimate of drug-likeness (QED) is 0.433. The monoisotopic (exact) mass is 343 g/mol. The first-order chi connectivity index (χ1) is 12.7. The van der Waals surface area contributed by atoms with Crippen LogP contribution in [0.3, 0.4) is 0 Å². The van der Waals surface area contributed by atoms with E-state index >= 15 is 0 Å². The molecule has 0 fully saturated rings. The van der Waals surface area contributed by atoms with E-state index in [1.807, 2.05) is 12.2 Å². The van der Waals surface area contributed by atoms with Crippen molar-refractivity contribution in [2.24, 2.45) is 5.92 Å². The topological polar surface area (TPSA) is 12.0 Å². The highest BCUT2D eigenvalue weighted by Crippen LogP contribution is 2.22. The molecule has 2 aromatic carbocycles. The van der Waals surface area contributed by atoms with Gasteiger partial charge in [-0.25, -0.2) is 0 Å². The fourth-order valence-corrected chi connectivity index (χ4v) is 2.72. The summed E-state index contributed by atoms with van der Waals surface area (Å²) in [5.74, 6) is 0.495. The zero-order valence-electron chi connectivity index (χ0n) is 15.9. The Balaban J connectivity index is 2.02. The van der Waals surface area contributed by atoms with Gasteiger partial charge in [-0.2, -0.15) is 0 Å². The van der Waals surface area contributed by atoms with Crippen molar-refractivity contribution in [3.8, 4) is 0 Å². The molecule has 0 saturated heterocycles. The second kappa shape index (κ2) is 11.1. The normalized spacial score (nSPS) is 12.8. The van der Waals surface area contributed by atoms with E-state index in [0.29, 0.717) is 5.92 Å². The molecule has 0 saturated carbocycles. The third-order valence-corrected chi connectivity index (χ3v) is 4.45. The molecule has 1 heteroatoms. The largest absolute Gasteiger partial charge is 0.313 e. The summed E-state index contributed by atoms with van der Waals surface area (Å²) in [4.78, 5) is 0. The van der Waals surface area contributed by atoms with Crippen molar-refractivity contribution in [2.75, 3.05) is 13.1 Å². The van der Waals surface area contributed by atoms with Gasteiger partial charge in [-0.1, -0.05) is 110 Å². The summed E-state index contributed by atoms with van der Waals surface area (Å²) < 4.78 is 0. The maximum Gasteiger partial charge on any atom is 0.0144 e. The Bertz CT molecular complexity index is 710. The predicted octanol–water partition coefficient (Wildman–Crippen LogP) is 6.03. The lowest BCUT2D eigenvalue weighted by Gasteiger charge is -2.13.